The van der Waals surface area contributed by atoms with E-state index >= 15 is 0 Å². The molecule has 1 aliphatic heterocycles. The van der Waals surface area contributed by atoms with Gasteiger partial charge in [-0.1, -0.05) is 6.92 Å². The monoisotopic (exact) mass is 261 g/mol. The van der Waals surface area contributed by atoms with Crippen LogP contribution in [0.1, 0.15) is 20.3 Å². The van der Waals surface area contributed by atoms with Gasteiger partial charge in [-0.05, 0) is 13.3 Å². The molecule has 3 N–H and O–H groups in total. The molecule has 100 valence electrons. The Balaban J connectivity index is 2.19. The largest absolute Gasteiger partial charge is 0.355 e. The molecule has 4 unspecified atom stereocenters. The van der Waals surface area contributed by atoms with Gasteiger partial charge in [0, 0.05) is 48.0 Å². The van der Waals surface area contributed by atoms with E-state index in [2.05, 4.69) is 22.9 Å². The van der Waals surface area contributed by atoms with Gasteiger partial charge in [-0.25, -0.2) is 0 Å². The Morgan fingerprint density at radius 2 is 2.18 bits per heavy atom. The Bertz CT molecular complexity index is 278. The average Bonchev–Trinajstić information content (AvgIpc) is 2.29. The maximum atomic E-state index is 11.8. The molecule has 1 saturated heterocycles. The average molecular weight is 261 g/mol. The molecule has 0 saturated carbocycles. The van der Waals surface area contributed by atoms with Crippen molar-refractivity contribution < 1.29 is 9.00 Å². The van der Waals surface area contributed by atoms with Gasteiger partial charge >= 0.3 is 0 Å². The number of carbonyl (C=O) groups excluding carboxylic acids is 1. The summed E-state index contributed by atoms with van der Waals surface area (Å²) < 4.78 is 11.1. The molecule has 0 radical (unpaired) electrons. The highest BCUT2D eigenvalue weighted by Gasteiger charge is 2.22. The summed E-state index contributed by atoms with van der Waals surface area (Å²) in [5.41, 5.74) is 0. The van der Waals surface area contributed by atoms with Gasteiger partial charge < -0.3 is 16.0 Å². The normalized spacial score (nSPS) is 28.4. The minimum Gasteiger partial charge on any atom is -0.355 e. The molecular weight excluding hydrogens is 238 g/mol. The second-order valence-corrected chi connectivity index (χ2v) is 6.46. The zero-order chi connectivity index (χ0) is 12.8. The third-order valence-electron chi connectivity index (χ3n) is 3.07. The maximum absolute atomic E-state index is 11.8. The summed E-state index contributed by atoms with van der Waals surface area (Å²) in [6.45, 7) is 6.09. The topological polar surface area (TPSA) is 70.2 Å². The van der Waals surface area contributed by atoms with Crippen molar-refractivity contribution in [1.29, 1.82) is 0 Å². The van der Waals surface area contributed by atoms with E-state index in [-0.39, 0.29) is 17.2 Å². The number of carbonyl (C=O) groups is 1. The lowest BCUT2D eigenvalue weighted by Gasteiger charge is -2.28. The number of hydrogen-bond acceptors (Lipinski definition) is 4. The Hall–Kier alpha value is -0.460. The molecule has 1 heterocycles. The molecule has 0 spiro atoms. The van der Waals surface area contributed by atoms with Crippen LogP contribution in [-0.2, 0) is 15.6 Å². The van der Waals surface area contributed by atoms with Crippen LogP contribution in [0.4, 0.5) is 0 Å². The van der Waals surface area contributed by atoms with Gasteiger partial charge in [0.1, 0.15) is 0 Å². The predicted octanol–water partition coefficient (Wildman–Crippen LogP) is -0.790. The number of nitrogens with one attached hydrogen (secondary N) is 3. The van der Waals surface area contributed by atoms with Crippen LogP contribution in [0, 0.1) is 0 Å². The molecule has 17 heavy (non-hydrogen) atoms. The van der Waals surface area contributed by atoms with E-state index < -0.39 is 10.8 Å². The summed E-state index contributed by atoms with van der Waals surface area (Å²) in [5.74, 6) is 0.0264. The van der Waals surface area contributed by atoms with Gasteiger partial charge in [0.2, 0.25) is 5.91 Å². The first-order chi connectivity index (χ1) is 8.00. The summed E-state index contributed by atoms with van der Waals surface area (Å²) >= 11 is 0. The SMILES string of the molecule is CC1CNC(C(=O)NCCC(C)S(C)=O)CN1. The van der Waals surface area contributed by atoms with E-state index in [1.54, 1.807) is 6.26 Å². The molecule has 0 bridgehead atoms. The molecule has 1 amide bonds. The van der Waals surface area contributed by atoms with E-state index in [1.807, 2.05) is 6.92 Å². The molecule has 6 heteroatoms. The van der Waals surface area contributed by atoms with E-state index in [4.69, 9.17) is 0 Å². The quantitative estimate of drug-likeness (QED) is 0.606. The van der Waals surface area contributed by atoms with Crippen molar-refractivity contribution in [2.45, 2.75) is 37.6 Å². The van der Waals surface area contributed by atoms with Crippen molar-refractivity contribution in [3.63, 3.8) is 0 Å². The standard InChI is InChI=1S/C11H23N3O2S/c1-8-6-14-10(7-13-8)11(15)12-5-4-9(2)17(3)16/h8-10,13-14H,4-7H2,1-3H3,(H,12,15). The van der Waals surface area contributed by atoms with Crippen molar-refractivity contribution in [2.75, 3.05) is 25.9 Å². The van der Waals surface area contributed by atoms with Gasteiger partial charge in [-0.2, -0.15) is 0 Å². The molecule has 5 nitrogen and oxygen atoms in total. The van der Waals surface area contributed by atoms with Crippen molar-refractivity contribution >= 4 is 16.7 Å². The predicted molar refractivity (Wildman–Crippen MR) is 70.4 cm³/mol. The molecule has 0 aromatic carbocycles. The van der Waals surface area contributed by atoms with Gasteiger partial charge in [0.05, 0.1) is 6.04 Å². The van der Waals surface area contributed by atoms with Gasteiger partial charge in [0.15, 0.2) is 0 Å². The zero-order valence-corrected chi connectivity index (χ0v) is 11.6. The molecule has 1 aliphatic rings. The second-order valence-electron chi connectivity index (χ2n) is 4.66. The van der Waals surface area contributed by atoms with Gasteiger partial charge in [-0.15, -0.1) is 0 Å². The third-order valence-corrected chi connectivity index (χ3v) is 4.44. The van der Waals surface area contributed by atoms with Crippen LogP contribution >= 0.6 is 0 Å². The first-order valence-electron chi connectivity index (χ1n) is 6.07. The smallest absolute Gasteiger partial charge is 0.238 e. The van der Waals surface area contributed by atoms with Gasteiger partial charge in [0.25, 0.3) is 0 Å². The highest BCUT2D eigenvalue weighted by Crippen LogP contribution is 1.98. The summed E-state index contributed by atoms with van der Waals surface area (Å²) in [4.78, 5) is 11.8. The molecule has 4 atom stereocenters. The van der Waals surface area contributed by atoms with Crippen molar-refractivity contribution in [2.24, 2.45) is 0 Å². The highest BCUT2D eigenvalue weighted by molar-refractivity contribution is 7.84. The lowest BCUT2D eigenvalue weighted by Crippen LogP contribution is -2.59. The Morgan fingerprint density at radius 1 is 1.47 bits per heavy atom. The summed E-state index contributed by atoms with van der Waals surface area (Å²) in [6, 6.07) is 0.273. The highest BCUT2D eigenvalue weighted by atomic mass is 32.2. The fourth-order valence-corrected chi connectivity index (χ4v) is 2.11. The molecule has 0 aromatic heterocycles. The number of rotatable bonds is 5. The lowest BCUT2D eigenvalue weighted by molar-refractivity contribution is -0.123. The van der Waals surface area contributed by atoms with Crippen LogP contribution in [0.5, 0.6) is 0 Å². The lowest BCUT2D eigenvalue weighted by atomic mass is 10.1. The minimum absolute atomic E-state index is 0.0264. The van der Waals surface area contributed by atoms with Crippen molar-refractivity contribution in [3.8, 4) is 0 Å². The first kappa shape index (κ1) is 14.6. The maximum Gasteiger partial charge on any atom is 0.238 e. The summed E-state index contributed by atoms with van der Waals surface area (Å²) in [5, 5.41) is 9.46. The van der Waals surface area contributed by atoms with E-state index in [1.165, 1.54) is 0 Å². The number of piperazine rings is 1. The van der Waals surface area contributed by atoms with E-state index in [0.29, 0.717) is 19.1 Å². The number of amides is 1. The zero-order valence-electron chi connectivity index (χ0n) is 10.8. The van der Waals surface area contributed by atoms with Crippen molar-refractivity contribution in [1.82, 2.24) is 16.0 Å². The Labute approximate surface area is 106 Å². The van der Waals surface area contributed by atoms with Crippen LogP contribution in [-0.4, -0.2) is 53.3 Å². The minimum atomic E-state index is -0.814. The van der Waals surface area contributed by atoms with Crippen LogP contribution in [0.25, 0.3) is 0 Å². The van der Waals surface area contributed by atoms with Crippen LogP contribution in [0.15, 0.2) is 0 Å². The van der Waals surface area contributed by atoms with E-state index in [0.717, 1.165) is 13.0 Å². The molecule has 1 rings (SSSR count). The second kappa shape index (κ2) is 7.08. The van der Waals surface area contributed by atoms with Crippen molar-refractivity contribution in [3.05, 3.63) is 0 Å². The number of hydrogen-bond donors (Lipinski definition) is 3. The molecule has 1 fully saturated rings. The van der Waals surface area contributed by atoms with Crippen LogP contribution < -0.4 is 16.0 Å². The molecular formula is C11H23N3O2S. The van der Waals surface area contributed by atoms with E-state index in [9.17, 15) is 9.00 Å². The fraction of sp³-hybridized carbons (Fsp3) is 0.909. The fourth-order valence-electron chi connectivity index (χ4n) is 1.66. The van der Waals surface area contributed by atoms with Crippen LogP contribution in [0.2, 0.25) is 0 Å². The van der Waals surface area contributed by atoms with Gasteiger partial charge in [-0.3, -0.25) is 9.00 Å². The molecule has 0 aliphatic carbocycles. The molecule has 0 aromatic rings. The summed E-state index contributed by atoms with van der Waals surface area (Å²) in [7, 11) is -0.814. The summed E-state index contributed by atoms with van der Waals surface area (Å²) in [6.07, 6.45) is 2.45. The Morgan fingerprint density at radius 3 is 2.71 bits per heavy atom. The van der Waals surface area contributed by atoms with Crippen LogP contribution in [0.3, 0.4) is 0 Å². The Kier molecular flexibility index (Phi) is 6.08. The first-order valence-corrected chi connectivity index (χ1v) is 7.69. The third kappa shape index (κ3) is 5.14.